The maximum atomic E-state index is 8.49. The van der Waals surface area contributed by atoms with Gasteiger partial charge in [0.15, 0.2) is 0 Å². The second-order valence-electron chi connectivity index (χ2n) is 2.75. The number of thioether (sulfide) groups is 1. The maximum absolute atomic E-state index is 8.49. The van der Waals surface area contributed by atoms with Gasteiger partial charge in [0, 0.05) is 5.75 Å². The topological polar surface area (TPSA) is 20.2 Å². The van der Waals surface area contributed by atoms with Gasteiger partial charge in [0.25, 0.3) is 0 Å². The van der Waals surface area contributed by atoms with Crippen LogP contribution in [-0.4, -0.2) is 23.2 Å². The van der Waals surface area contributed by atoms with Crippen molar-refractivity contribution in [2.24, 2.45) is 0 Å². The van der Waals surface area contributed by atoms with Crippen molar-refractivity contribution in [1.29, 1.82) is 0 Å². The van der Waals surface area contributed by atoms with Crippen LogP contribution < -0.4 is 0 Å². The van der Waals surface area contributed by atoms with E-state index >= 15 is 0 Å². The molecule has 1 nitrogen and oxygen atoms in total. The highest BCUT2D eigenvalue weighted by Crippen LogP contribution is 2.07. The van der Waals surface area contributed by atoms with Crippen molar-refractivity contribution in [3.63, 3.8) is 0 Å². The minimum Gasteiger partial charge on any atom is -0.396 e. The van der Waals surface area contributed by atoms with Crippen LogP contribution in [0.5, 0.6) is 0 Å². The van der Waals surface area contributed by atoms with E-state index in [1.54, 1.807) is 0 Å². The third-order valence-electron chi connectivity index (χ3n) is 1.63. The Balaban J connectivity index is 2.69. The fourth-order valence-corrected chi connectivity index (χ4v) is 1.72. The predicted octanol–water partition coefficient (Wildman–Crippen LogP) is 2.68. The monoisotopic (exact) mass is 176 g/mol. The first kappa shape index (κ1) is 11.3. The zero-order chi connectivity index (χ0) is 8.36. The molecule has 0 radical (unpaired) electrons. The molecule has 0 aromatic carbocycles. The van der Waals surface area contributed by atoms with Crippen molar-refractivity contribution in [2.75, 3.05) is 18.1 Å². The fraction of sp³-hybridized carbons (Fsp3) is 1.00. The van der Waals surface area contributed by atoms with Crippen molar-refractivity contribution in [3.05, 3.63) is 0 Å². The van der Waals surface area contributed by atoms with Crippen molar-refractivity contribution in [1.82, 2.24) is 0 Å². The van der Waals surface area contributed by atoms with E-state index < -0.39 is 0 Å². The van der Waals surface area contributed by atoms with Crippen LogP contribution in [0.15, 0.2) is 0 Å². The zero-order valence-corrected chi connectivity index (χ0v) is 8.33. The number of unbranched alkanes of at least 4 members (excludes halogenated alkanes) is 4. The lowest BCUT2D eigenvalue weighted by Gasteiger charge is -1.98. The van der Waals surface area contributed by atoms with Crippen molar-refractivity contribution in [3.8, 4) is 0 Å². The van der Waals surface area contributed by atoms with Gasteiger partial charge in [-0.15, -0.1) is 0 Å². The van der Waals surface area contributed by atoms with Crippen molar-refractivity contribution in [2.45, 2.75) is 39.0 Å². The summed E-state index contributed by atoms with van der Waals surface area (Å²) < 4.78 is 0. The first-order valence-corrected chi connectivity index (χ1v) is 5.76. The highest BCUT2D eigenvalue weighted by molar-refractivity contribution is 7.99. The van der Waals surface area contributed by atoms with Gasteiger partial charge in [-0.3, -0.25) is 0 Å². The summed E-state index contributed by atoms with van der Waals surface area (Å²) in [7, 11) is 0. The molecule has 0 amide bonds. The molecule has 2 heteroatoms. The largest absolute Gasteiger partial charge is 0.396 e. The SMILES string of the molecule is CCCCCCCSCCO. The number of aliphatic hydroxyl groups excluding tert-OH is 1. The standard InChI is InChI=1S/C9H20OS/c1-2-3-4-5-6-8-11-9-7-10/h10H,2-9H2,1H3. The molecule has 0 fully saturated rings. The second-order valence-corrected chi connectivity index (χ2v) is 3.97. The predicted molar refractivity (Wildman–Crippen MR) is 53.2 cm³/mol. The van der Waals surface area contributed by atoms with E-state index in [-0.39, 0.29) is 0 Å². The summed E-state index contributed by atoms with van der Waals surface area (Å²) in [4.78, 5) is 0. The Kier molecular flexibility index (Phi) is 10.6. The van der Waals surface area contributed by atoms with Gasteiger partial charge in [0.05, 0.1) is 6.61 Å². The lowest BCUT2D eigenvalue weighted by atomic mass is 10.2. The molecule has 0 saturated heterocycles. The third kappa shape index (κ3) is 10.3. The van der Waals surface area contributed by atoms with E-state index in [2.05, 4.69) is 6.92 Å². The molecule has 68 valence electrons. The van der Waals surface area contributed by atoms with E-state index in [1.165, 1.54) is 37.9 Å². The normalized spacial score (nSPS) is 10.4. The Morgan fingerprint density at radius 2 is 1.73 bits per heavy atom. The molecule has 0 aliphatic rings. The van der Waals surface area contributed by atoms with Crippen LogP contribution in [0, 0.1) is 0 Å². The number of rotatable bonds is 8. The van der Waals surface area contributed by atoms with Crippen LogP contribution in [-0.2, 0) is 0 Å². The number of hydrogen-bond acceptors (Lipinski definition) is 2. The Morgan fingerprint density at radius 1 is 1.00 bits per heavy atom. The van der Waals surface area contributed by atoms with E-state index in [0.717, 1.165) is 5.75 Å². The fourth-order valence-electron chi connectivity index (χ4n) is 0.974. The molecule has 0 bridgehead atoms. The quantitative estimate of drug-likeness (QED) is 0.574. The van der Waals surface area contributed by atoms with Gasteiger partial charge in [-0.2, -0.15) is 11.8 Å². The summed E-state index contributed by atoms with van der Waals surface area (Å²) in [6.45, 7) is 2.57. The molecule has 0 atom stereocenters. The minimum absolute atomic E-state index is 0.333. The molecule has 0 unspecified atom stereocenters. The minimum atomic E-state index is 0.333. The van der Waals surface area contributed by atoms with Gasteiger partial charge in [-0.25, -0.2) is 0 Å². The molecular formula is C9H20OS. The van der Waals surface area contributed by atoms with Gasteiger partial charge in [-0.1, -0.05) is 32.6 Å². The number of hydrogen-bond donors (Lipinski definition) is 1. The van der Waals surface area contributed by atoms with Gasteiger partial charge in [0.2, 0.25) is 0 Å². The Hall–Kier alpha value is 0.310. The second kappa shape index (κ2) is 10.3. The number of aliphatic hydroxyl groups is 1. The molecule has 0 spiro atoms. The summed E-state index contributed by atoms with van der Waals surface area (Å²) in [6, 6.07) is 0. The average Bonchev–Trinajstić information content (AvgIpc) is 2.03. The van der Waals surface area contributed by atoms with Gasteiger partial charge in [0.1, 0.15) is 0 Å². The van der Waals surface area contributed by atoms with E-state index in [4.69, 9.17) is 5.11 Å². The van der Waals surface area contributed by atoms with E-state index in [0.29, 0.717) is 6.61 Å². The van der Waals surface area contributed by atoms with Gasteiger partial charge in [-0.05, 0) is 12.2 Å². The Labute approximate surface area is 74.6 Å². The third-order valence-corrected chi connectivity index (χ3v) is 2.68. The molecule has 0 aromatic rings. The average molecular weight is 176 g/mol. The van der Waals surface area contributed by atoms with E-state index in [9.17, 15) is 0 Å². The molecule has 0 heterocycles. The van der Waals surface area contributed by atoms with Gasteiger partial charge < -0.3 is 5.11 Å². The Bertz CT molecular complexity index is 58.6. The summed E-state index contributed by atoms with van der Waals surface area (Å²) in [5.41, 5.74) is 0. The van der Waals surface area contributed by atoms with Crippen LogP contribution in [0.4, 0.5) is 0 Å². The van der Waals surface area contributed by atoms with E-state index in [1.807, 2.05) is 11.8 Å². The summed E-state index contributed by atoms with van der Waals surface area (Å²) >= 11 is 1.86. The van der Waals surface area contributed by atoms with Crippen LogP contribution >= 0.6 is 11.8 Å². The summed E-state index contributed by atoms with van der Waals surface area (Å²) in [6.07, 6.45) is 6.78. The van der Waals surface area contributed by atoms with Crippen LogP contribution in [0.1, 0.15) is 39.0 Å². The molecule has 0 aliphatic heterocycles. The first-order valence-electron chi connectivity index (χ1n) is 4.60. The highest BCUT2D eigenvalue weighted by Gasteiger charge is 1.89. The lowest BCUT2D eigenvalue weighted by Crippen LogP contribution is -1.88. The molecule has 0 saturated carbocycles. The smallest absolute Gasteiger partial charge is 0.0521 e. The molecule has 0 aliphatic carbocycles. The Morgan fingerprint density at radius 3 is 2.36 bits per heavy atom. The van der Waals surface area contributed by atoms with Crippen LogP contribution in [0.3, 0.4) is 0 Å². The zero-order valence-electron chi connectivity index (χ0n) is 7.51. The first-order chi connectivity index (χ1) is 5.41. The molecule has 0 aromatic heterocycles. The maximum Gasteiger partial charge on any atom is 0.0521 e. The molecular weight excluding hydrogens is 156 g/mol. The summed E-state index contributed by atoms with van der Waals surface area (Å²) in [5, 5.41) is 8.49. The lowest BCUT2D eigenvalue weighted by molar-refractivity contribution is 0.322. The summed E-state index contributed by atoms with van der Waals surface area (Å²) in [5.74, 6) is 2.14. The highest BCUT2D eigenvalue weighted by atomic mass is 32.2. The molecule has 0 rings (SSSR count). The molecule has 11 heavy (non-hydrogen) atoms. The van der Waals surface area contributed by atoms with Crippen LogP contribution in [0.25, 0.3) is 0 Å². The molecule has 1 N–H and O–H groups in total. The van der Waals surface area contributed by atoms with Crippen molar-refractivity contribution >= 4 is 11.8 Å². The van der Waals surface area contributed by atoms with Gasteiger partial charge >= 0.3 is 0 Å². The van der Waals surface area contributed by atoms with Crippen LogP contribution in [0.2, 0.25) is 0 Å². The van der Waals surface area contributed by atoms with Crippen molar-refractivity contribution < 1.29 is 5.11 Å².